The molecule has 4 heterocycles. The third-order valence-electron chi connectivity index (χ3n) is 7.95. The molecule has 0 saturated carbocycles. The van der Waals surface area contributed by atoms with Crippen molar-refractivity contribution in [3.63, 3.8) is 0 Å². The average molecular weight is 543 g/mol. The van der Waals surface area contributed by atoms with E-state index in [2.05, 4.69) is 40.9 Å². The summed E-state index contributed by atoms with van der Waals surface area (Å²) < 4.78 is 23.3. The number of hydrogen-bond donors (Lipinski definition) is 2. The average Bonchev–Trinajstić information content (AvgIpc) is 3.53. The Morgan fingerprint density at radius 3 is 2.73 bits per heavy atom. The Balaban J connectivity index is 1.41. The molecule has 2 aliphatic heterocycles. The van der Waals surface area contributed by atoms with Gasteiger partial charge < -0.3 is 15.1 Å². The maximum absolute atomic E-state index is 14.5. The zero-order valence-electron chi connectivity index (χ0n) is 23.4. The van der Waals surface area contributed by atoms with Gasteiger partial charge >= 0.3 is 0 Å². The number of ether oxygens (including phenoxy) is 1. The van der Waals surface area contributed by atoms with Gasteiger partial charge in [-0.25, -0.2) is 14.5 Å². The van der Waals surface area contributed by atoms with Crippen LogP contribution in [-0.4, -0.2) is 41.2 Å². The molecule has 0 unspecified atom stereocenters. The monoisotopic (exact) mass is 542 g/mol. The van der Waals surface area contributed by atoms with Crippen LogP contribution in [0.2, 0.25) is 0 Å². The van der Waals surface area contributed by atoms with E-state index in [0.717, 1.165) is 54.3 Å². The maximum Gasteiger partial charge on any atom is 0.259 e. The van der Waals surface area contributed by atoms with Crippen molar-refractivity contribution in [2.24, 2.45) is 0 Å². The highest BCUT2D eigenvalue weighted by Gasteiger charge is 2.28. The summed E-state index contributed by atoms with van der Waals surface area (Å²) in [6.07, 6.45) is 3.09. The molecule has 0 fully saturated rings. The summed E-state index contributed by atoms with van der Waals surface area (Å²) in [4.78, 5) is 14.0. The van der Waals surface area contributed by atoms with Crippen LogP contribution in [0.15, 0.2) is 53.5 Å². The van der Waals surface area contributed by atoms with E-state index in [9.17, 15) is 9.18 Å². The number of rotatable bonds is 7. The summed E-state index contributed by atoms with van der Waals surface area (Å²) in [6, 6.07) is 13.8. The summed E-state index contributed by atoms with van der Waals surface area (Å²) in [5, 5.41) is 10.6. The number of methoxy groups -OCH3 is 1. The van der Waals surface area contributed by atoms with Crippen molar-refractivity contribution in [1.29, 1.82) is 0 Å². The van der Waals surface area contributed by atoms with Gasteiger partial charge in [-0.1, -0.05) is 18.2 Å². The van der Waals surface area contributed by atoms with Gasteiger partial charge in [0.05, 0.1) is 30.2 Å². The molecule has 0 bridgehead atoms. The number of aryl methyl sites for hydroxylation is 2. The normalized spacial score (nSPS) is 16.3. The molecule has 9 heteroatoms. The van der Waals surface area contributed by atoms with E-state index in [1.54, 1.807) is 37.7 Å². The lowest BCUT2D eigenvalue weighted by Gasteiger charge is -2.22. The molecule has 0 saturated heterocycles. The molecule has 2 N–H and O–H groups in total. The van der Waals surface area contributed by atoms with Crippen molar-refractivity contribution in [2.45, 2.75) is 46.2 Å². The van der Waals surface area contributed by atoms with E-state index in [1.807, 2.05) is 23.0 Å². The fourth-order valence-corrected chi connectivity index (χ4v) is 5.92. The van der Waals surface area contributed by atoms with Gasteiger partial charge in [0.2, 0.25) is 0 Å². The van der Waals surface area contributed by atoms with Gasteiger partial charge in [-0.05, 0) is 67.3 Å². The van der Waals surface area contributed by atoms with Gasteiger partial charge in [-0.2, -0.15) is 5.10 Å². The molecule has 2 aromatic heterocycles. The first-order valence-corrected chi connectivity index (χ1v) is 13.8. The van der Waals surface area contributed by atoms with Crippen LogP contribution in [-0.2, 0) is 24.1 Å². The van der Waals surface area contributed by atoms with E-state index in [-0.39, 0.29) is 17.4 Å². The van der Waals surface area contributed by atoms with E-state index in [0.29, 0.717) is 35.5 Å². The Hall–Kier alpha value is -3.79. The molecule has 0 amide bonds. The molecular formula is C31H35FN6O2. The number of benzene rings is 2. The Morgan fingerprint density at radius 1 is 1.15 bits per heavy atom. The molecule has 0 radical (unpaired) electrons. The number of hydrogen-bond acceptors (Lipinski definition) is 6. The lowest BCUT2D eigenvalue weighted by molar-refractivity contribution is 0.203. The first-order chi connectivity index (χ1) is 19.4. The second-order valence-electron chi connectivity index (χ2n) is 10.7. The molecule has 8 nitrogen and oxygen atoms in total. The Morgan fingerprint density at radius 2 is 1.95 bits per heavy atom. The van der Waals surface area contributed by atoms with Gasteiger partial charge in [0.25, 0.3) is 5.56 Å². The van der Waals surface area contributed by atoms with Crippen molar-refractivity contribution in [2.75, 3.05) is 31.8 Å². The molecule has 6 rings (SSSR count). The minimum Gasteiger partial charge on any atom is -0.383 e. The number of hydrazine groups is 1. The van der Waals surface area contributed by atoms with E-state index >= 15 is 0 Å². The van der Waals surface area contributed by atoms with Crippen molar-refractivity contribution >= 4 is 5.69 Å². The number of aromatic nitrogens is 3. The summed E-state index contributed by atoms with van der Waals surface area (Å²) in [5.41, 5.74) is 11.3. The first kappa shape index (κ1) is 26.4. The summed E-state index contributed by atoms with van der Waals surface area (Å²) >= 11 is 0. The maximum atomic E-state index is 14.5. The predicted octanol–water partition coefficient (Wildman–Crippen LogP) is 4.05. The lowest BCUT2D eigenvalue weighted by atomic mass is 10.0. The smallest absolute Gasteiger partial charge is 0.259 e. The van der Waals surface area contributed by atoms with Gasteiger partial charge in [0, 0.05) is 56.4 Å². The minimum absolute atomic E-state index is 0.0240. The highest BCUT2D eigenvalue weighted by Crippen LogP contribution is 2.32. The lowest BCUT2D eigenvalue weighted by Crippen LogP contribution is -2.34. The first-order valence-electron chi connectivity index (χ1n) is 13.8. The molecule has 40 heavy (non-hydrogen) atoms. The Labute approximate surface area is 233 Å². The molecule has 0 spiro atoms. The number of anilines is 1. The van der Waals surface area contributed by atoms with Crippen LogP contribution in [0.25, 0.3) is 11.5 Å². The van der Waals surface area contributed by atoms with E-state index in [4.69, 9.17) is 9.84 Å². The van der Waals surface area contributed by atoms with E-state index < -0.39 is 0 Å². The van der Waals surface area contributed by atoms with Crippen LogP contribution in [0, 0.1) is 19.7 Å². The molecule has 0 aliphatic carbocycles. The van der Waals surface area contributed by atoms with Crippen LogP contribution >= 0.6 is 0 Å². The van der Waals surface area contributed by atoms with Crippen LogP contribution < -0.4 is 21.3 Å². The standard InChI is InChI=1S/C31H35FN6O2/c1-19-14-25(15-20(2)29(19)32)38-30(28-21(3)33-10-9-26(28)35-38)36-11-5-6-23(31(36)39)16-22-7-8-27-24(17-22)18-34-37(27)12-13-40-4/h5-8,11,14-15,17,21,33-34H,9-10,12-13,16,18H2,1-4H3/t21-/m0/s1. The van der Waals surface area contributed by atoms with Crippen molar-refractivity contribution in [3.8, 4) is 11.5 Å². The second-order valence-corrected chi connectivity index (χ2v) is 10.7. The molecule has 4 aromatic rings. The van der Waals surface area contributed by atoms with E-state index in [1.165, 1.54) is 5.56 Å². The second kappa shape index (κ2) is 10.6. The van der Waals surface area contributed by atoms with Crippen molar-refractivity contribution in [1.82, 2.24) is 25.1 Å². The minimum atomic E-state index is -0.220. The molecule has 2 aromatic carbocycles. The highest BCUT2D eigenvalue weighted by atomic mass is 19.1. The van der Waals surface area contributed by atoms with Gasteiger partial charge in [0.1, 0.15) is 11.6 Å². The molecule has 208 valence electrons. The number of pyridine rings is 1. The molecule has 2 aliphatic rings. The summed E-state index contributed by atoms with van der Waals surface area (Å²) in [6.45, 7) is 8.59. The largest absolute Gasteiger partial charge is 0.383 e. The van der Waals surface area contributed by atoms with Crippen molar-refractivity contribution < 1.29 is 9.13 Å². The number of halogens is 1. The third-order valence-corrected chi connectivity index (χ3v) is 7.95. The molecular weight excluding hydrogens is 507 g/mol. The zero-order valence-corrected chi connectivity index (χ0v) is 23.4. The summed E-state index contributed by atoms with van der Waals surface area (Å²) in [7, 11) is 1.70. The topological polar surface area (TPSA) is 76.3 Å². The predicted molar refractivity (Wildman–Crippen MR) is 154 cm³/mol. The SMILES string of the molecule is COCCN1NCc2cc(Cc3cccn(-c4c5c(nn4-c4cc(C)c(F)c(C)c4)CCN[C@H]5C)c3=O)ccc21. The molecule has 1 atom stereocenters. The van der Waals surface area contributed by atoms with Gasteiger partial charge in [-0.15, -0.1) is 0 Å². The highest BCUT2D eigenvalue weighted by molar-refractivity contribution is 5.58. The Bertz CT molecular complexity index is 1620. The van der Waals surface area contributed by atoms with Crippen LogP contribution in [0.3, 0.4) is 0 Å². The number of nitrogens with zero attached hydrogens (tertiary/aromatic N) is 4. The zero-order chi connectivity index (χ0) is 28.0. The van der Waals surface area contributed by atoms with Gasteiger partial charge in [0.15, 0.2) is 0 Å². The number of fused-ring (bicyclic) bond motifs is 2. The van der Waals surface area contributed by atoms with Crippen LogP contribution in [0.4, 0.5) is 10.1 Å². The number of nitrogens with one attached hydrogen (secondary N) is 2. The van der Waals surface area contributed by atoms with Gasteiger partial charge in [-0.3, -0.25) is 9.36 Å². The van der Waals surface area contributed by atoms with Crippen LogP contribution in [0.5, 0.6) is 0 Å². The Kier molecular flexibility index (Phi) is 7.04. The quantitative estimate of drug-likeness (QED) is 0.367. The third kappa shape index (κ3) is 4.64. The summed E-state index contributed by atoms with van der Waals surface area (Å²) in [5.74, 6) is 0.488. The fourth-order valence-electron chi connectivity index (χ4n) is 5.92. The van der Waals surface area contributed by atoms with Crippen LogP contribution in [0.1, 0.15) is 52.0 Å². The fraction of sp³-hybridized carbons (Fsp3) is 0.355. The van der Waals surface area contributed by atoms with Crippen molar-refractivity contribution in [3.05, 3.63) is 104 Å².